The first-order valence-corrected chi connectivity index (χ1v) is 9.59. The van der Waals surface area contributed by atoms with Crippen molar-refractivity contribution < 1.29 is 5.11 Å². The quantitative estimate of drug-likeness (QED) is 0.470. The van der Waals surface area contributed by atoms with Gasteiger partial charge in [0.15, 0.2) is 0 Å². The number of fused-ring (bicyclic) bond motifs is 1. The maximum absolute atomic E-state index is 11.7. The number of hydrogen-bond donors (Lipinski definition) is 3. The van der Waals surface area contributed by atoms with Crippen molar-refractivity contribution in [3.63, 3.8) is 0 Å². The zero-order valence-electron chi connectivity index (χ0n) is 16.1. The molecule has 2 heterocycles. The molecule has 0 aliphatic heterocycles. The van der Waals surface area contributed by atoms with Crippen molar-refractivity contribution in [3.8, 4) is 11.4 Å². The van der Waals surface area contributed by atoms with E-state index >= 15 is 0 Å². The highest BCUT2D eigenvalue weighted by Crippen LogP contribution is 2.21. The molecule has 146 valence electrons. The fourth-order valence-corrected chi connectivity index (χ4v) is 3.20. The molecule has 0 fully saturated rings. The third-order valence-electron chi connectivity index (χ3n) is 4.83. The summed E-state index contributed by atoms with van der Waals surface area (Å²) in [6.45, 7) is 2.29. The second-order valence-electron chi connectivity index (χ2n) is 6.87. The minimum absolute atomic E-state index is 0.174. The number of anilines is 1. The van der Waals surface area contributed by atoms with Crippen molar-refractivity contribution in [1.29, 1.82) is 0 Å². The molecule has 0 aliphatic carbocycles. The molecule has 4 aromatic rings. The molecular weight excluding hydrogens is 364 g/mol. The van der Waals surface area contributed by atoms with E-state index in [0.717, 1.165) is 27.6 Å². The average Bonchev–Trinajstić information content (AvgIpc) is 2.77. The Morgan fingerprint density at radius 1 is 1.07 bits per heavy atom. The maximum atomic E-state index is 11.7. The van der Waals surface area contributed by atoms with E-state index in [9.17, 15) is 9.90 Å². The molecule has 3 N–H and O–H groups in total. The van der Waals surface area contributed by atoms with E-state index in [1.54, 1.807) is 12.3 Å². The number of H-pyrrole nitrogens is 1. The number of pyridine rings is 1. The molecular formula is C23H22N4O2. The molecule has 0 spiro atoms. The second-order valence-corrected chi connectivity index (χ2v) is 6.87. The summed E-state index contributed by atoms with van der Waals surface area (Å²) in [5, 5.41) is 15.9. The van der Waals surface area contributed by atoms with E-state index in [0.29, 0.717) is 24.6 Å². The van der Waals surface area contributed by atoms with Crippen molar-refractivity contribution in [3.05, 3.63) is 88.5 Å². The molecule has 6 nitrogen and oxygen atoms in total. The van der Waals surface area contributed by atoms with Crippen LogP contribution in [0.25, 0.3) is 22.2 Å². The number of nitrogens with one attached hydrogen (secondary N) is 2. The van der Waals surface area contributed by atoms with Crippen LogP contribution >= 0.6 is 0 Å². The molecule has 2 aromatic heterocycles. The molecule has 4 rings (SSSR count). The monoisotopic (exact) mass is 386 g/mol. The number of rotatable bonds is 6. The Balaban J connectivity index is 1.44. The van der Waals surface area contributed by atoms with Crippen molar-refractivity contribution in [1.82, 2.24) is 15.0 Å². The number of aliphatic hydroxyl groups is 1. The molecule has 2 aromatic carbocycles. The Kier molecular flexibility index (Phi) is 5.35. The van der Waals surface area contributed by atoms with Gasteiger partial charge in [0.1, 0.15) is 11.6 Å². The van der Waals surface area contributed by atoms with Crippen LogP contribution in [0.1, 0.15) is 24.3 Å². The lowest BCUT2D eigenvalue weighted by molar-refractivity contribution is 0.191. The van der Waals surface area contributed by atoms with E-state index in [4.69, 9.17) is 0 Å². The highest BCUT2D eigenvalue weighted by molar-refractivity contribution is 5.83. The summed E-state index contributed by atoms with van der Waals surface area (Å²) in [7, 11) is 0. The first kappa shape index (κ1) is 18.8. The number of benzene rings is 2. The normalized spacial score (nSPS) is 12.1. The van der Waals surface area contributed by atoms with Gasteiger partial charge in [0.25, 0.3) is 5.56 Å². The molecule has 0 radical (unpaired) electrons. The number of nitrogens with zero attached hydrogens (tertiary/aromatic N) is 2. The fraction of sp³-hybridized carbons (Fsp3) is 0.174. The van der Waals surface area contributed by atoms with Gasteiger partial charge < -0.3 is 15.4 Å². The molecule has 0 saturated carbocycles. The van der Waals surface area contributed by atoms with E-state index in [-0.39, 0.29) is 5.56 Å². The van der Waals surface area contributed by atoms with Gasteiger partial charge in [-0.1, -0.05) is 43.3 Å². The summed E-state index contributed by atoms with van der Waals surface area (Å²) in [6, 6.07) is 19.2. The number of aryl methyl sites for hydroxylation is 1. The largest absolute Gasteiger partial charge is 0.387 e. The minimum atomic E-state index is -0.652. The van der Waals surface area contributed by atoms with Gasteiger partial charge in [-0.15, -0.1) is 0 Å². The lowest BCUT2D eigenvalue weighted by atomic mass is 10.0. The van der Waals surface area contributed by atoms with Gasteiger partial charge in [0, 0.05) is 30.1 Å². The minimum Gasteiger partial charge on any atom is -0.387 e. The SMILES string of the molecule is CCc1cc(=O)[nH]c(-c2ccc(NCC(O)c3ccc4ccccc4c3)nc2)n1. The molecule has 1 atom stereocenters. The van der Waals surface area contributed by atoms with E-state index in [2.05, 4.69) is 20.3 Å². The van der Waals surface area contributed by atoms with Crippen LogP contribution in [0.15, 0.2) is 71.7 Å². The van der Waals surface area contributed by atoms with Crippen molar-refractivity contribution in [2.75, 3.05) is 11.9 Å². The van der Waals surface area contributed by atoms with Crippen molar-refractivity contribution in [2.45, 2.75) is 19.4 Å². The summed E-state index contributed by atoms with van der Waals surface area (Å²) in [5.41, 5.74) is 2.15. The smallest absolute Gasteiger partial charge is 0.251 e. The van der Waals surface area contributed by atoms with E-state index < -0.39 is 6.10 Å². The molecule has 6 heteroatoms. The van der Waals surface area contributed by atoms with Gasteiger partial charge in [0.2, 0.25) is 0 Å². The van der Waals surface area contributed by atoms with Crippen LogP contribution in [0.2, 0.25) is 0 Å². The number of hydrogen-bond acceptors (Lipinski definition) is 5. The first-order chi connectivity index (χ1) is 14.1. The van der Waals surface area contributed by atoms with Gasteiger partial charge in [-0.2, -0.15) is 0 Å². The number of aromatic amines is 1. The Hall–Kier alpha value is -3.51. The molecule has 0 amide bonds. The van der Waals surface area contributed by atoms with Crippen LogP contribution in [0.5, 0.6) is 0 Å². The second kappa shape index (κ2) is 8.24. The lowest BCUT2D eigenvalue weighted by Crippen LogP contribution is -2.13. The molecule has 0 saturated heterocycles. The van der Waals surface area contributed by atoms with Crippen LogP contribution in [-0.2, 0) is 6.42 Å². The van der Waals surface area contributed by atoms with Crippen molar-refractivity contribution in [2.24, 2.45) is 0 Å². The Labute approximate surface area is 168 Å². The Morgan fingerprint density at radius 3 is 2.66 bits per heavy atom. The topological polar surface area (TPSA) is 90.9 Å². The highest BCUT2D eigenvalue weighted by Gasteiger charge is 2.09. The summed E-state index contributed by atoms with van der Waals surface area (Å²) in [4.78, 5) is 23.3. The summed E-state index contributed by atoms with van der Waals surface area (Å²) < 4.78 is 0. The standard InChI is InChI=1S/C23H22N4O2/c1-2-19-12-22(29)27-23(26-19)18-9-10-21(24-13-18)25-14-20(28)17-8-7-15-5-3-4-6-16(15)11-17/h3-13,20,28H,2,14H2,1H3,(H,24,25)(H,26,27,29). The van der Waals surface area contributed by atoms with Crippen LogP contribution < -0.4 is 10.9 Å². The van der Waals surface area contributed by atoms with Gasteiger partial charge in [-0.05, 0) is 41.0 Å². The average molecular weight is 386 g/mol. The third-order valence-corrected chi connectivity index (χ3v) is 4.83. The Bertz CT molecular complexity index is 1190. The summed E-state index contributed by atoms with van der Waals surface area (Å²) >= 11 is 0. The van der Waals surface area contributed by atoms with E-state index in [1.807, 2.05) is 55.5 Å². The molecule has 1 unspecified atom stereocenters. The predicted molar refractivity (Wildman–Crippen MR) is 115 cm³/mol. The Morgan fingerprint density at radius 2 is 1.90 bits per heavy atom. The van der Waals surface area contributed by atoms with E-state index in [1.165, 1.54) is 6.07 Å². The zero-order chi connectivity index (χ0) is 20.2. The number of aliphatic hydroxyl groups excluding tert-OH is 1. The molecule has 29 heavy (non-hydrogen) atoms. The van der Waals surface area contributed by atoms with Crippen LogP contribution in [0, 0.1) is 0 Å². The number of aromatic nitrogens is 3. The fourth-order valence-electron chi connectivity index (χ4n) is 3.20. The maximum Gasteiger partial charge on any atom is 0.251 e. The highest BCUT2D eigenvalue weighted by atomic mass is 16.3. The zero-order valence-corrected chi connectivity index (χ0v) is 16.1. The van der Waals surface area contributed by atoms with Gasteiger partial charge in [0.05, 0.1) is 6.10 Å². The van der Waals surface area contributed by atoms with Gasteiger partial charge in [-0.3, -0.25) is 4.79 Å². The lowest BCUT2D eigenvalue weighted by Gasteiger charge is -2.14. The van der Waals surface area contributed by atoms with Crippen LogP contribution in [0.4, 0.5) is 5.82 Å². The summed E-state index contributed by atoms with van der Waals surface area (Å²) in [6.07, 6.45) is 1.69. The van der Waals surface area contributed by atoms with Crippen LogP contribution in [0.3, 0.4) is 0 Å². The summed E-state index contributed by atoms with van der Waals surface area (Å²) in [5.74, 6) is 1.15. The molecule has 0 aliphatic rings. The predicted octanol–water partition coefficient (Wildman–Crippen LogP) is 3.69. The van der Waals surface area contributed by atoms with Crippen molar-refractivity contribution >= 4 is 16.6 Å². The van der Waals surface area contributed by atoms with Gasteiger partial charge >= 0.3 is 0 Å². The van der Waals surface area contributed by atoms with Crippen LogP contribution in [-0.4, -0.2) is 26.6 Å². The third kappa shape index (κ3) is 4.33. The molecule has 0 bridgehead atoms. The van der Waals surface area contributed by atoms with Gasteiger partial charge in [-0.25, -0.2) is 9.97 Å². The first-order valence-electron chi connectivity index (χ1n) is 9.59.